The molecular formula is C12H14N6O2. The van der Waals surface area contributed by atoms with Crippen LogP contribution in [0, 0.1) is 0 Å². The number of fused-ring (bicyclic) bond motifs is 1. The van der Waals surface area contributed by atoms with Gasteiger partial charge in [-0.2, -0.15) is 5.10 Å². The molecule has 104 valence electrons. The maximum atomic E-state index is 11.8. The Kier molecular flexibility index (Phi) is 2.78. The van der Waals surface area contributed by atoms with E-state index in [1.54, 1.807) is 10.9 Å². The van der Waals surface area contributed by atoms with Crippen LogP contribution in [0.15, 0.2) is 28.0 Å². The van der Waals surface area contributed by atoms with Crippen LogP contribution in [0.1, 0.15) is 25.7 Å². The molecule has 0 bridgehead atoms. The highest BCUT2D eigenvalue weighted by Crippen LogP contribution is 2.15. The summed E-state index contributed by atoms with van der Waals surface area (Å²) in [5.41, 5.74) is -0.230. The Morgan fingerprint density at radius 3 is 2.80 bits per heavy atom. The fourth-order valence-corrected chi connectivity index (χ4v) is 2.19. The zero-order valence-electron chi connectivity index (χ0n) is 11.1. The Morgan fingerprint density at radius 1 is 1.35 bits per heavy atom. The van der Waals surface area contributed by atoms with Gasteiger partial charge in [0.1, 0.15) is 17.4 Å². The Balaban J connectivity index is 2.23. The minimum Gasteiger partial charge on any atom is -0.334 e. The fraction of sp³-hybridized carbons (Fsp3) is 0.333. The molecular weight excluding hydrogens is 260 g/mol. The zero-order valence-corrected chi connectivity index (χ0v) is 11.1. The summed E-state index contributed by atoms with van der Waals surface area (Å²) in [6.07, 6.45) is 3.49. The summed E-state index contributed by atoms with van der Waals surface area (Å²) in [4.78, 5) is 33.2. The topological polar surface area (TPSA) is 101 Å². The van der Waals surface area contributed by atoms with Crippen molar-refractivity contribution in [1.82, 2.24) is 29.3 Å². The average Bonchev–Trinajstić information content (AvgIpc) is 3.08. The molecule has 0 spiro atoms. The molecule has 8 nitrogen and oxygen atoms in total. The van der Waals surface area contributed by atoms with Crippen LogP contribution in [0.25, 0.3) is 11.2 Å². The van der Waals surface area contributed by atoms with E-state index in [1.165, 1.54) is 4.57 Å². The van der Waals surface area contributed by atoms with Crippen molar-refractivity contribution in [3.8, 4) is 0 Å². The third kappa shape index (κ3) is 1.77. The van der Waals surface area contributed by atoms with Gasteiger partial charge in [0.2, 0.25) is 0 Å². The van der Waals surface area contributed by atoms with Crippen molar-refractivity contribution >= 4 is 11.2 Å². The number of nitrogens with one attached hydrogen (secondary N) is 2. The molecule has 0 saturated heterocycles. The van der Waals surface area contributed by atoms with E-state index in [0.29, 0.717) is 23.5 Å². The first-order chi connectivity index (χ1) is 9.61. The van der Waals surface area contributed by atoms with Crippen molar-refractivity contribution < 1.29 is 0 Å². The highest BCUT2D eigenvalue weighted by atomic mass is 16.2. The van der Waals surface area contributed by atoms with Crippen LogP contribution in [0.4, 0.5) is 0 Å². The van der Waals surface area contributed by atoms with E-state index < -0.39 is 11.2 Å². The summed E-state index contributed by atoms with van der Waals surface area (Å²) in [6, 6.07) is 1.66. The molecule has 1 unspecified atom stereocenters. The number of aromatic nitrogens is 6. The minimum absolute atomic E-state index is 0.155. The van der Waals surface area contributed by atoms with E-state index >= 15 is 0 Å². The van der Waals surface area contributed by atoms with E-state index in [9.17, 15) is 9.59 Å². The molecule has 0 aromatic carbocycles. The second-order valence-corrected chi connectivity index (χ2v) is 4.49. The molecule has 0 aliphatic heterocycles. The predicted molar refractivity (Wildman–Crippen MR) is 72.7 cm³/mol. The lowest BCUT2D eigenvalue weighted by Crippen LogP contribution is -2.29. The second kappa shape index (κ2) is 4.48. The van der Waals surface area contributed by atoms with Crippen molar-refractivity contribution in [1.29, 1.82) is 0 Å². The van der Waals surface area contributed by atoms with E-state index in [1.807, 2.05) is 26.1 Å². The van der Waals surface area contributed by atoms with Gasteiger partial charge in [0.15, 0.2) is 5.65 Å². The van der Waals surface area contributed by atoms with Gasteiger partial charge >= 0.3 is 5.69 Å². The molecule has 0 fully saturated rings. The molecule has 0 amide bonds. The van der Waals surface area contributed by atoms with E-state index in [2.05, 4.69) is 20.1 Å². The van der Waals surface area contributed by atoms with Gasteiger partial charge < -0.3 is 4.98 Å². The maximum absolute atomic E-state index is 11.8. The Bertz CT molecular complexity index is 854. The molecule has 8 heteroatoms. The number of H-pyrrole nitrogens is 2. The SMILES string of the molecule is CCn1c(=O)[nH]c(=O)c2[nH]c(C(C)n3cccn3)nc21. The zero-order chi connectivity index (χ0) is 14.3. The number of imidazole rings is 1. The summed E-state index contributed by atoms with van der Waals surface area (Å²) in [5.74, 6) is 0.585. The van der Waals surface area contributed by atoms with Crippen LogP contribution in [0.3, 0.4) is 0 Å². The summed E-state index contributed by atoms with van der Waals surface area (Å²) in [6.45, 7) is 4.17. The first-order valence-electron chi connectivity index (χ1n) is 6.33. The van der Waals surface area contributed by atoms with Crippen molar-refractivity contribution in [2.45, 2.75) is 26.4 Å². The predicted octanol–water partition coefficient (Wildman–Crippen LogP) is 0.239. The van der Waals surface area contributed by atoms with Gasteiger partial charge in [-0.3, -0.25) is 19.0 Å². The van der Waals surface area contributed by atoms with Gasteiger partial charge in [0.25, 0.3) is 5.56 Å². The van der Waals surface area contributed by atoms with Gasteiger partial charge in [0.05, 0.1) is 0 Å². The number of aryl methyl sites for hydroxylation is 1. The number of hydrogen-bond acceptors (Lipinski definition) is 4. The van der Waals surface area contributed by atoms with Crippen molar-refractivity contribution in [2.75, 3.05) is 0 Å². The molecule has 2 N–H and O–H groups in total. The molecule has 1 atom stereocenters. The lowest BCUT2D eigenvalue weighted by molar-refractivity contribution is 0.541. The molecule has 0 radical (unpaired) electrons. The van der Waals surface area contributed by atoms with Gasteiger partial charge in [-0.05, 0) is 19.9 Å². The standard InChI is InChI=1S/C12H14N6O2/c1-3-17-10-8(11(19)16-12(17)20)14-9(15-10)7(2)18-6-4-5-13-18/h4-7H,3H2,1-2H3,(H,14,15)(H,16,19,20). The average molecular weight is 274 g/mol. The number of aromatic amines is 2. The molecule has 0 aliphatic rings. The fourth-order valence-electron chi connectivity index (χ4n) is 2.19. The van der Waals surface area contributed by atoms with Crippen LogP contribution in [-0.4, -0.2) is 29.3 Å². The first kappa shape index (κ1) is 12.4. The molecule has 3 aromatic rings. The Hall–Kier alpha value is -2.64. The monoisotopic (exact) mass is 274 g/mol. The highest BCUT2D eigenvalue weighted by Gasteiger charge is 2.17. The molecule has 0 aliphatic carbocycles. The lowest BCUT2D eigenvalue weighted by atomic mass is 10.3. The smallest absolute Gasteiger partial charge is 0.330 e. The summed E-state index contributed by atoms with van der Waals surface area (Å²) in [5, 5.41) is 4.15. The molecule has 0 saturated carbocycles. The van der Waals surface area contributed by atoms with Crippen molar-refractivity contribution in [2.24, 2.45) is 0 Å². The van der Waals surface area contributed by atoms with Crippen LogP contribution < -0.4 is 11.2 Å². The van der Waals surface area contributed by atoms with Crippen molar-refractivity contribution in [3.05, 3.63) is 45.1 Å². The lowest BCUT2D eigenvalue weighted by Gasteiger charge is -2.08. The number of rotatable bonds is 3. The van der Waals surface area contributed by atoms with E-state index in [0.717, 1.165) is 0 Å². The van der Waals surface area contributed by atoms with Gasteiger partial charge in [-0.25, -0.2) is 9.78 Å². The van der Waals surface area contributed by atoms with Crippen LogP contribution in [0.2, 0.25) is 0 Å². The molecule has 3 aromatic heterocycles. The maximum Gasteiger partial charge on any atom is 0.330 e. The highest BCUT2D eigenvalue weighted by molar-refractivity contribution is 5.69. The molecule has 3 heterocycles. The third-order valence-corrected chi connectivity index (χ3v) is 3.29. The van der Waals surface area contributed by atoms with Gasteiger partial charge in [0, 0.05) is 18.9 Å². The summed E-state index contributed by atoms with van der Waals surface area (Å²) in [7, 11) is 0. The molecule has 20 heavy (non-hydrogen) atoms. The first-order valence-corrected chi connectivity index (χ1v) is 6.33. The Labute approximate surface area is 113 Å². The quantitative estimate of drug-likeness (QED) is 0.714. The van der Waals surface area contributed by atoms with Crippen LogP contribution >= 0.6 is 0 Å². The van der Waals surface area contributed by atoms with Crippen LogP contribution in [-0.2, 0) is 6.54 Å². The Morgan fingerprint density at radius 2 is 2.15 bits per heavy atom. The second-order valence-electron chi connectivity index (χ2n) is 4.49. The summed E-state index contributed by atoms with van der Waals surface area (Å²) < 4.78 is 3.15. The third-order valence-electron chi connectivity index (χ3n) is 3.29. The normalized spacial score (nSPS) is 12.9. The van der Waals surface area contributed by atoms with Gasteiger partial charge in [-0.15, -0.1) is 0 Å². The molecule has 3 rings (SSSR count). The van der Waals surface area contributed by atoms with Gasteiger partial charge in [-0.1, -0.05) is 0 Å². The largest absolute Gasteiger partial charge is 0.334 e. The van der Waals surface area contributed by atoms with E-state index in [4.69, 9.17) is 0 Å². The summed E-state index contributed by atoms with van der Waals surface area (Å²) >= 11 is 0. The van der Waals surface area contributed by atoms with E-state index in [-0.39, 0.29) is 6.04 Å². The van der Waals surface area contributed by atoms with Crippen molar-refractivity contribution in [3.63, 3.8) is 0 Å². The minimum atomic E-state index is -0.457. The number of hydrogen-bond donors (Lipinski definition) is 2. The van der Waals surface area contributed by atoms with Crippen LogP contribution in [0.5, 0.6) is 0 Å². The number of nitrogens with zero attached hydrogens (tertiary/aromatic N) is 4.